The number of nitrogens with one attached hydrogen (secondary N) is 1. The molecule has 1 aliphatic heterocycles. The van der Waals surface area contributed by atoms with Gasteiger partial charge in [-0.15, -0.1) is 10.2 Å². The number of H-pyrrole nitrogens is 1. The summed E-state index contributed by atoms with van der Waals surface area (Å²) in [6.45, 7) is 1.17. The molecule has 238 valence electrons. The Bertz CT molecular complexity index is 1540. The SMILES string of the molecule is C[C@@H](OCC1(c2ccccc2)CCC(c2nn[nH]n2)CN1C(=O)OCc1ccccc1)c1cc(C(F)(F)F)cc(C(F)(F)F)c1. The van der Waals surface area contributed by atoms with E-state index in [1.807, 2.05) is 6.07 Å². The van der Waals surface area contributed by atoms with Crippen molar-refractivity contribution in [1.82, 2.24) is 25.5 Å². The number of carbonyl (C=O) groups is 1. The molecule has 0 aliphatic carbocycles. The van der Waals surface area contributed by atoms with E-state index < -0.39 is 41.2 Å². The highest BCUT2D eigenvalue weighted by molar-refractivity contribution is 5.70. The minimum atomic E-state index is -5.01. The van der Waals surface area contributed by atoms with Crippen LogP contribution in [0.5, 0.6) is 0 Å². The van der Waals surface area contributed by atoms with Crippen molar-refractivity contribution in [1.29, 1.82) is 0 Å². The highest BCUT2D eigenvalue weighted by Crippen LogP contribution is 2.44. The first-order valence-electron chi connectivity index (χ1n) is 14.0. The summed E-state index contributed by atoms with van der Waals surface area (Å²) in [5.41, 5.74) is -2.98. The van der Waals surface area contributed by atoms with Crippen LogP contribution in [0.25, 0.3) is 0 Å². The summed E-state index contributed by atoms with van der Waals surface area (Å²) in [6, 6.07) is 19.3. The second kappa shape index (κ2) is 12.9. The zero-order valence-electron chi connectivity index (χ0n) is 24.0. The van der Waals surface area contributed by atoms with Crippen LogP contribution in [0.1, 0.15) is 65.4 Å². The normalized spacial score (nSPS) is 19.7. The Balaban J connectivity index is 1.49. The van der Waals surface area contributed by atoms with Crippen LogP contribution < -0.4 is 0 Å². The van der Waals surface area contributed by atoms with Crippen LogP contribution in [0.3, 0.4) is 0 Å². The largest absolute Gasteiger partial charge is 0.445 e. The molecule has 1 fully saturated rings. The molecule has 5 rings (SSSR count). The highest BCUT2D eigenvalue weighted by Gasteiger charge is 2.48. The number of amides is 1. The van der Waals surface area contributed by atoms with Gasteiger partial charge in [-0.25, -0.2) is 4.79 Å². The lowest BCUT2D eigenvalue weighted by molar-refractivity contribution is -0.143. The van der Waals surface area contributed by atoms with Crippen LogP contribution in [0, 0.1) is 0 Å². The van der Waals surface area contributed by atoms with E-state index in [4.69, 9.17) is 9.47 Å². The molecule has 1 amide bonds. The predicted octanol–water partition coefficient (Wildman–Crippen LogP) is 7.43. The van der Waals surface area contributed by atoms with Gasteiger partial charge in [-0.2, -0.15) is 31.6 Å². The predicted molar refractivity (Wildman–Crippen MR) is 148 cm³/mol. The molecule has 2 heterocycles. The molecule has 14 heteroatoms. The fraction of sp³-hybridized carbons (Fsp3) is 0.355. The highest BCUT2D eigenvalue weighted by atomic mass is 19.4. The molecular weight excluding hydrogens is 604 g/mol. The van der Waals surface area contributed by atoms with Crippen molar-refractivity contribution in [3.63, 3.8) is 0 Å². The Morgan fingerprint density at radius 3 is 2.18 bits per heavy atom. The smallest absolute Gasteiger partial charge is 0.416 e. The van der Waals surface area contributed by atoms with E-state index in [0.717, 1.165) is 5.56 Å². The average Bonchev–Trinajstić information content (AvgIpc) is 3.57. The van der Waals surface area contributed by atoms with Gasteiger partial charge < -0.3 is 9.47 Å². The molecule has 0 spiro atoms. The van der Waals surface area contributed by atoms with Crippen LogP contribution in [0.4, 0.5) is 31.1 Å². The van der Waals surface area contributed by atoms with E-state index in [2.05, 4.69) is 20.6 Å². The zero-order valence-corrected chi connectivity index (χ0v) is 24.0. The molecule has 0 saturated carbocycles. The number of likely N-dealkylation sites (tertiary alicyclic amines) is 1. The third kappa shape index (κ3) is 7.27. The van der Waals surface area contributed by atoms with Crippen molar-refractivity contribution in [2.24, 2.45) is 0 Å². The molecular formula is C31H29F6N5O3. The van der Waals surface area contributed by atoms with Gasteiger partial charge in [0.05, 0.1) is 29.4 Å². The number of hydrogen-bond acceptors (Lipinski definition) is 6. The van der Waals surface area contributed by atoms with Gasteiger partial charge in [0, 0.05) is 12.5 Å². The first-order chi connectivity index (χ1) is 21.4. The van der Waals surface area contributed by atoms with E-state index in [-0.39, 0.29) is 37.3 Å². The average molecular weight is 634 g/mol. The van der Waals surface area contributed by atoms with Crippen LogP contribution in [-0.4, -0.2) is 44.8 Å². The fourth-order valence-corrected chi connectivity index (χ4v) is 5.49. The number of tetrazole rings is 1. The Labute approximate surface area is 254 Å². The topological polar surface area (TPSA) is 93.2 Å². The van der Waals surface area contributed by atoms with Gasteiger partial charge in [0.25, 0.3) is 0 Å². The molecule has 45 heavy (non-hydrogen) atoms. The fourth-order valence-electron chi connectivity index (χ4n) is 5.49. The van der Waals surface area contributed by atoms with E-state index >= 15 is 0 Å². The maximum atomic E-state index is 13.8. The Hall–Kier alpha value is -4.46. The first-order valence-corrected chi connectivity index (χ1v) is 14.0. The minimum Gasteiger partial charge on any atom is -0.445 e. The number of aromatic amines is 1. The maximum absolute atomic E-state index is 13.8. The quantitative estimate of drug-likeness (QED) is 0.203. The Morgan fingerprint density at radius 2 is 1.60 bits per heavy atom. The lowest BCUT2D eigenvalue weighted by Gasteiger charge is -2.48. The summed E-state index contributed by atoms with van der Waals surface area (Å²) in [5, 5.41) is 14.2. The number of ether oxygens (including phenoxy) is 2. The lowest BCUT2D eigenvalue weighted by atomic mass is 9.77. The zero-order chi connectivity index (χ0) is 32.2. The third-order valence-corrected chi connectivity index (χ3v) is 7.94. The van der Waals surface area contributed by atoms with Gasteiger partial charge in [-0.1, -0.05) is 65.9 Å². The maximum Gasteiger partial charge on any atom is 0.416 e. The summed E-state index contributed by atoms with van der Waals surface area (Å²) >= 11 is 0. The molecule has 2 unspecified atom stereocenters. The summed E-state index contributed by atoms with van der Waals surface area (Å²) in [4.78, 5) is 15.3. The van der Waals surface area contributed by atoms with Gasteiger partial charge in [-0.05, 0) is 54.7 Å². The number of alkyl halides is 6. The van der Waals surface area contributed by atoms with Crippen LogP contribution in [0.2, 0.25) is 0 Å². The number of piperidine rings is 1. The molecule has 0 radical (unpaired) electrons. The monoisotopic (exact) mass is 633 g/mol. The van der Waals surface area contributed by atoms with Gasteiger partial charge in [-0.3, -0.25) is 4.90 Å². The van der Waals surface area contributed by atoms with Crippen molar-refractivity contribution in [2.75, 3.05) is 13.2 Å². The van der Waals surface area contributed by atoms with Gasteiger partial charge in [0.1, 0.15) is 6.61 Å². The molecule has 1 saturated heterocycles. The van der Waals surface area contributed by atoms with Crippen molar-refractivity contribution >= 4 is 6.09 Å². The third-order valence-electron chi connectivity index (χ3n) is 7.94. The number of aromatic nitrogens is 4. The number of benzene rings is 3. The van der Waals surface area contributed by atoms with Gasteiger partial charge in [0.15, 0.2) is 5.82 Å². The number of nitrogens with zero attached hydrogens (tertiary/aromatic N) is 4. The van der Waals surface area contributed by atoms with Crippen molar-refractivity contribution < 1.29 is 40.6 Å². The molecule has 0 bridgehead atoms. The van der Waals surface area contributed by atoms with Crippen molar-refractivity contribution in [3.8, 4) is 0 Å². The number of hydrogen-bond donors (Lipinski definition) is 1. The Kier molecular flexibility index (Phi) is 9.14. The number of halogens is 6. The molecule has 3 aromatic carbocycles. The van der Waals surface area contributed by atoms with Gasteiger partial charge >= 0.3 is 18.4 Å². The molecule has 4 aromatic rings. The van der Waals surface area contributed by atoms with E-state index in [9.17, 15) is 31.1 Å². The summed E-state index contributed by atoms with van der Waals surface area (Å²) in [7, 11) is 0. The van der Waals surface area contributed by atoms with Crippen LogP contribution in [-0.2, 0) is 34.0 Å². The standard InChI is InChI=1S/C31H29F6N5O3/c1-20(23-14-25(30(32,33)34)16-26(15-23)31(35,36)37)45-19-29(24-10-6-3-7-11-24)13-12-22(27-38-40-41-39-27)17-42(29)28(43)44-18-21-8-4-2-5-9-21/h2-11,14-16,20,22H,12-13,17-19H2,1H3,(H,38,39,40,41)/t20-,22?,29?/m1/s1. The number of carbonyl (C=O) groups excluding carboxylic acids is 1. The first kappa shape index (κ1) is 31.9. The second-order valence-corrected chi connectivity index (χ2v) is 10.8. The summed E-state index contributed by atoms with van der Waals surface area (Å²) in [6.07, 6.45) is -11.1. The van der Waals surface area contributed by atoms with E-state index in [1.165, 1.54) is 11.8 Å². The van der Waals surface area contributed by atoms with Gasteiger partial charge in [0.2, 0.25) is 0 Å². The summed E-state index contributed by atoms with van der Waals surface area (Å²) < 4.78 is 93.2. The van der Waals surface area contributed by atoms with Crippen molar-refractivity contribution in [3.05, 3.63) is 113 Å². The molecule has 1 aliphatic rings. The molecule has 1 N–H and O–H groups in total. The van der Waals surface area contributed by atoms with Crippen molar-refractivity contribution in [2.45, 2.75) is 56.3 Å². The van der Waals surface area contributed by atoms with E-state index in [0.29, 0.717) is 36.4 Å². The second-order valence-electron chi connectivity index (χ2n) is 10.8. The summed E-state index contributed by atoms with van der Waals surface area (Å²) in [5.74, 6) is 0.0514. The molecule has 3 atom stereocenters. The Morgan fingerprint density at radius 1 is 0.978 bits per heavy atom. The minimum absolute atomic E-state index is 0.0321. The molecule has 8 nitrogen and oxygen atoms in total. The molecule has 1 aromatic heterocycles. The lowest BCUT2D eigenvalue weighted by Crippen LogP contribution is -2.57. The van der Waals surface area contributed by atoms with E-state index in [1.54, 1.807) is 54.6 Å². The van der Waals surface area contributed by atoms with Crippen LogP contribution in [0.15, 0.2) is 78.9 Å². The van der Waals surface area contributed by atoms with Crippen LogP contribution >= 0.6 is 0 Å². The number of rotatable bonds is 8.